The van der Waals surface area contributed by atoms with Crippen molar-refractivity contribution in [3.05, 3.63) is 54.0 Å². The summed E-state index contributed by atoms with van der Waals surface area (Å²) < 4.78 is 49.4. The number of carbonyl (C=O) groups excluding carboxylic acids is 3. The maximum Gasteiger partial charge on any atom is 0.416 e. The summed E-state index contributed by atoms with van der Waals surface area (Å²) in [5.74, 6) is -0.681. The quantitative estimate of drug-likeness (QED) is 0.507. The molecular weight excluding hydrogens is 443 g/mol. The topological polar surface area (TPSA) is 110 Å². The molecule has 0 saturated heterocycles. The number of halogens is 3. The second-order valence-electron chi connectivity index (χ2n) is 7.82. The largest absolute Gasteiger partial charge is 0.465 e. The summed E-state index contributed by atoms with van der Waals surface area (Å²) >= 11 is 0. The molecular formula is C22H24F3N3O5. The van der Waals surface area contributed by atoms with Gasteiger partial charge in [-0.3, -0.25) is 14.9 Å². The average molecular weight is 467 g/mol. The maximum absolute atomic E-state index is 13.1. The first-order valence-corrected chi connectivity index (χ1v) is 9.84. The van der Waals surface area contributed by atoms with E-state index in [4.69, 9.17) is 9.15 Å². The fourth-order valence-electron chi connectivity index (χ4n) is 2.46. The van der Waals surface area contributed by atoms with Crippen LogP contribution < -0.4 is 16.0 Å². The number of hydrogen-bond donors (Lipinski definition) is 3. The van der Waals surface area contributed by atoms with E-state index < -0.39 is 35.2 Å². The second kappa shape index (κ2) is 10.7. The minimum atomic E-state index is -4.65. The summed E-state index contributed by atoms with van der Waals surface area (Å²) in [7, 11) is 0. The molecule has 3 amide bonds. The first kappa shape index (κ1) is 25.5. The number of benzene rings is 1. The molecule has 1 aromatic heterocycles. The monoisotopic (exact) mass is 467 g/mol. The van der Waals surface area contributed by atoms with Crippen molar-refractivity contribution in [2.24, 2.45) is 0 Å². The van der Waals surface area contributed by atoms with Crippen LogP contribution in [-0.4, -0.2) is 30.1 Å². The number of hydrogen-bond acceptors (Lipinski definition) is 5. The van der Waals surface area contributed by atoms with Crippen molar-refractivity contribution < 1.29 is 36.7 Å². The van der Waals surface area contributed by atoms with Crippen LogP contribution in [0.4, 0.5) is 29.3 Å². The number of nitrogens with one attached hydrogen (secondary N) is 3. The molecule has 0 atom stereocenters. The van der Waals surface area contributed by atoms with Crippen LogP contribution in [0.3, 0.4) is 0 Å². The third kappa shape index (κ3) is 9.09. The third-order valence-electron chi connectivity index (χ3n) is 3.85. The summed E-state index contributed by atoms with van der Waals surface area (Å²) in [5.41, 5.74) is -2.17. The molecule has 0 radical (unpaired) electrons. The zero-order valence-corrected chi connectivity index (χ0v) is 18.2. The van der Waals surface area contributed by atoms with Crippen molar-refractivity contribution in [3.8, 4) is 0 Å². The molecule has 0 aliphatic rings. The first-order chi connectivity index (χ1) is 15.3. The Balaban J connectivity index is 2.01. The second-order valence-corrected chi connectivity index (χ2v) is 7.82. The third-order valence-corrected chi connectivity index (χ3v) is 3.85. The van der Waals surface area contributed by atoms with Gasteiger partial charge in [0.1, 0.15) is 11.4 Å². The van der Waals surface area contributed by atoms with Crippen LogP contribution in [0.25, 0.3) is 6.08 Å². The van der Waals surface area contributed by atoms with Gasteiger partial charge in [-0.1, -0.05) is 0 Å². The van der Waals surface area contributed by atoms with E-state index in [1.807, 2.05) is 0 Å². The van der Waals surface area contributed by atoms with Crippen molar-refractivity contribution in [1.82, 2.24) is 5.32 Å². The van der Waals surface area contributed by atoms with Crippen molar-refractivity contribution in [1.29, 1.82) is 0 Å². The van der Waals surface area contributed by atoms with Crippen LogP contribution in [0.15, 0.2) is 47.1 Å². The van der Waals surface area contributed by atoms with Gasteiger partial charge in [0.15, 0.2) is 0 Å². The van der Waals surface area contributed by atoms with Gasteiger partial charge in [0.2, 0.25) is 11.8 Å². The fraction of sp³-hybridized carbons (Fsp3) is 0.318. The van der Waals surface area contributed by atoms with Gasteiger partial charge in [-0.05, 0) is 57.2 Å². The summed E-state index contributed by atoms with van der Waals surface area (Å²) in [5, 5.41) is 7.12. The van der Waals surface area contributed by atoms with Gasteiger partial charge in [0, 0.05) is 19.0 Å². The summed E-state index contributed by atoms with van der Waals surface area (Å²) in [6, 6.07) is 5.80. The van der Waals surface area contributed by atoms with E-state index in [2.05, 4.69) is 16.0 Å². The van der Waals surface area contributed by atoms with Crippen LogP contribution in [0.2, 0.25) is 0 Å². The molecule has 178 valence electrons. The minimum absolute atomic E-state index is 0.0685. The number of anilines is 2. The summed E-state index contributed by atoms with van der Waals surface area (Å²) in [6.07, 6.45) is -1.67. The van der Waals surface area contributed by atoms with E-state index in [1.54, 1.807) is 32.9 Å². The molecule has 2 aromatic rings. The van der Waals surface area contributed by atoms with E-state index in [0.29, 0.717) is 11.8 Å². The predicted octanol–water partition coefficient (Wildman–Crippen LogP) is 4.80. The Labute approximate surface area is 188 Å². The Kier molecular flexibility index (Phi) is 8.27. The number of rotatable bonds is 7. The molecule has 11 heteroatoms. The highest BCUT2D eigenvalue weighted by Crippen LogP contribution is 2.34. The zero-order chi connectivity index (χ0) is 24.6. The van der Waals surface area contributed by atoms with Gasteiger partial charge >= 0.3 is 12.3 Å². The fourth-order valence-corrected chi connectivity index (χ4v) is 2.46. The smallest absolute Gasteiger partial charge is 0.416 e. The van der Waals surface area contributed by atoms with E-state index in [9.17, 15) is 27.6 Å². The zero-order valence-electron chi connectivity index (χ0n) is 18.2. The maximum atomic E-state index is 13.1. The lowest BCUT2D eigenvalue weighted by Gasteiger charge is -2.21. The molecule has 0 aliphatic carbocycles. The molecule has 8 nitrogen and oxygen atoms in total. The van der Waals surface area contributed by atoms with Gasteiger partial charge in [-0.15, -0.1) is 0 Å². The van der Waals surface area contributed by atoms with Gasteiger partial charge in [0.05, 0.1) is 23.2 Å². The molecule has 2 rings (SSSR count). The first-order valence-electron chi connectivity index (χ1n) is 9.84. The average Bonchev–Trinajstić information content (AvgIpc) is 3.19. The summed E-state index contributed by atoms with van der Waals surface area (Å²) in [6.45, 7) is 4.81. The number of furan rings is 1. The van der Waals surface area contributed by atoms with E-state index in [-0.39, 0.29) is 24.3 Å². The normalized spacial score (nSPS) is 11.8. The lowest BCUT2D eigenvalue weighted by Crippen LogP contribution is -2.28. The lowest BCUT2D eigenvalue weighted by molar-refractivity contribution is -0.137. The number of carbonyl (C=O) groups is 3. The van der Waals surface area contributed by atoms with E-state index in [0.717, 1.165) is 12.1 Å². The van der Waals surface area contributed by atoms with E-state index >= 15 is 0 Å². The SMILES string of the molecule is CC(C)(C)OC(=O)Nc1ccc(C(F)(F)F)cc1NC(=O)CCNC(=O)C=Cc1ccco1. The highest BCUT2D eigenvalue weighted by molar-refractivity contribution is 5.98. The number of alkyl halides is 3. The van der Waals surface area contributed by atoms with E-state index in [1.165, 1.54) is 18.4 Å². The molecule has 1 aromatic carbocycles. The highest BCUT2D eigenvalue weighted by Gasteiger charge is 2.31. The molecule has 0 spiro atoms. The van der Waals surface area contributed by atoms with Crippen LogP contribution in [0, 0.1) is 0 Å². The highest BCUT2D eigenvalue weighted by atomic mass is 19.4. The Bertz CT molecular complexity index is 1010. The molecule has 0 aliphatic heterocycles. The van der Waals surface area contributed by atoms with Crippen molar-refractivity contribution in [3.63, 3.8) is 0 Å². The Morgan fingerprint density at radius 3 is 2.39 bits per heavy atom. The minimum Gasteiger partial charge on any atom is -0.465 e. The molecule has 0 bridgehead atoms. The van der Waals surface area contributed by atoms with Crippen LogP contribution >= 0.6 is 0 Å². The van der Waals surface area contributed by atoms with Crippen molar-refractivity contribution >= 4 is 35.4 Å². The van der Waals surface area contributed by atoms with Gasteiger partial charge in [0.25, 0.3) is 0 Å². The number of ether oxygens (including phenoxy) is 1. The van der Waals surface area contributed by atoms with Gasteiger partial charge in [-0.25, -0.2) is 4.79 Å². The Morgan fingerprint density at radius 2 is 1.79 bits per heavy atom. The lowest BCUT2D eigenvalue weighted by atomic mass is 10.1. The molecule has 0 unspecified atom stereocenters. The molecule has 0 saturated carbocycles. The Morgan fingerprint density at radius 1 is 1.06 bits per heavy atom. The number of amides is 3. The molecule has 0 fully saturated rings. The Hall–Kier alpha value is -3.76. The van der Waals surface area contributed by atoms with Crippen LogP contribution in [0.5, 0.6) is 0 Å². The molecule has 1 heterocycles. The molecule has 3 N–H and O–H groups in total. The van der Waals surface area contributed by atoms with Crippen molar-refractivity contribution in [2.45, 2.75) is 39.0 Å². The van der Waals surface area contributed by atoms with Gasteiger partial charge in [-0.2, -0.15) is 13.2 Å². The summed E-state index contributed by atoms with van der Waals surface area (Å²) in [4.78, 5) is 36.0. The predicted molar refractivity (Wildman–Crippen MR) is 115 cm³/mol. The van der Waals surface area contributed by atoms with Crippen LogP contribution in [0.1, 0.15) is 38.5 Å². The van der Waals surface area contributed by atoms with Gasteiger partial charge < -0.3 is 19.8 Å². The molecule has 33 heavy (non-hydrogen) atoms. The van der Waals surface area contributed by atoms with Crippen molar-refractivity contribution in [2.75, 3.05) is 17.2 Å². The standard InChI is InChI=1S/C22H24F3N3O5/c1-21(2,3)33-20(31)28-16-8-6-14(22(23,24)25)13-17(16)27-19(30)10-11-26-18(29)9-7-15-5-4-12-32-15/h4-9,12-13H,10-11H2,1-3H3,(H,26,29)(H,27,30)(H,28,31). The van der Waals surface area contributed by atoms with Crippen LogP contribution in [-0.2, 0) is 20.5 Å².